The third-order valence-electron chi connectivity index (χ3n) is 2.56. The Balaban J connectivity index is 2.39. The molecule has 0 spiro atoms. The SMILES string of the molecule is CCc1cc(Br)ccc1S(=O)(=O)Nc1cc(C)no1. The summed E-state index contributed by atoms with van der Waals surface area (Å²) in [6.45, 7) is 3.62. The van der Waals surface area contributed by atoms with Crippen molar-refractivity contribution in [2.24, 2.45) is 0 Å². The summed E-state index contributed by atoms with van der Waals surface area (Å²) in [6, 6.07) is 6.58. The van der Waals surface area contributed by atoms with Crippen molar-refractivity contribution in [1.82, 2.24) is 5.16 Å². The van der Waals surface area contributed by atoms with Crippen LogP contribution in [0, 0.1) is 6.92 Å². The lowest BCUT2D eigenvalue weighted by molar-refractivity contribution is 0.430. The number of aromatic nitrogens is 1. The van der Waals surface area contributed by atoms with Gasteiger partial charge in [0.1, 0.15) is 0 Å². The summed E-state index contributed by atoms with van der Waals surface area (Å²) >= 11 is 3.33. The molecule has 2 aromatic rings. The van der Waals surface area contributed by atoms with Crippen molar-refractivity contribution in [2.45, 2.75) is 25.2 Å². The largest absolute Gasteiger partial charge is 0.338 e. The number of nitrogens with zero attached hydrogens (tertiary/aromatic N) is 1. The van der Waals surface area contributed by atoms with E-state index in [0.29, 0.717) is 12.1 Å². The van der Waals surface area contributed by atoms with Crippen molar-refractivity contribution in [3.63, 3.8) is 0 Å². The predicted octanol–water partition coefficient (Wildman–Crippen LogP) is 3.11. The Hall–Kier alpha value is -1.34. The van der Waals surface area contributed by atoms with Gasteiger partial charge in [0.2, 0.25) is 5.88 Å². The number of sulfonamides is 1. The first-order chi connectivity index (χ1) is 8.92. The highest BCUT2D eigenvalue weighted by Gasteiger charge is 2.19. The van der Waals surface area contributed by atoms with Crippen LogP contribution in [0.3, 0.4) is 0 Å². The van der Waals surface area contributed by atoms with Gasteiger partial charge in [-0.15, -0.1) is 0 Å². The topological polar surface area (TPSA) is 72.2 Å². The molecule has 2 rings (SSSR count). The van der Waals surface area contributed by atoms with Gasteiger partial charge in [0, 0.05) is 10.5 Å². The minimum atomic E-state index is -3.66. The zero-order valence-electron chi connectivity index (χ0n) is 10.5. The lowest BCUT2D eigenvalue weighted by Gasteiger charge is -2.09. The zero-order chi connectivity index (χ0) is 14.0. The fourth-order valence-electron chi connectivity index (χ4n) is 1.69. The first-order valence-corrected chi connectivity index (χ1v) is 7.94. The van der Waals surface area contributed by atoms with E-state index >= 15 is 0 Å². The Bertz CT molecular complexity index is 695. The van der Waals surface area contributed by atoms with Crippen LogP contribution in [-0.4, -0.2) is 13.6 Å². The van der Waals surface area contributed by atoms with E-state index < -0.39 is 10.0 Å². The van der Waals surface area contributed by atoms with Crippen molar-refractivity contribution in [2.75, 3.05) is 4.72 Å². The zero-order valence-corrected chi connectivity index (χ0v) is 12.9. The van der Waals surface area contributed by atoms with Gasteiger partial charge in [-0.05, 0) is 37.1 Å². The molecule has 0 aliphatic rings. The van der Waals surface area contributed by atoms with E-state index in [0.717, 1.165) is 10.0 Å². The molecule has 0 saturated carbocycles. The molecule has 5 nitrogen and oxygen atoms in total. The molecule has 0 atom stereocenters. The summed E-state index contributed by atoms with van der Waals surface area (Å²) in [5, 5.41) is 3.64. The first-order valence-electron chi connectivity index (χ1n) is 5.67. The van der Waals surface area contributed by atoms with Crippen molar-refractivity contribution in [3.8, 4) is 0 Å². The highest BCUT2D eigenvalue weighted by atomic mass is 79.9. The maximum absolute atomic E-state index is 12.3. The maximum atomic E-state index is 12.3. The third kappa shape index (κ3) is 3.16. The summed E-state index contributed by atoms with van der Waals surface area (Å²) in [7, 11) is -3.66. The molecule has 1 N–H and O–H groups in total. The highest BCUT2D eigenvalue weighted by Crippen LogP contribution is 2.23. The van der Waals surface area contributed by atoms with Crippen LogP contribution in [0.4, 0.5) is 5.88 Å². The summed E-state index contributed by atoms with van der Waals surface area (Å²) < 4.78 is 32.7. The average Bonchev–Trinajstić information content (AvgIpc) is 2.73. The maximum Gasteiger partial charge on any atom is 0.264 e. The molecule has 0 aliphatic heterocycles. The van der Waals surface area contributed by atoms with Crippen LogP contribution in [0.2, 0.25) is 0 Å². The Labute approximate surface area is 120 Å². The fourth-order valence-corrected chi connectivity index (χ4v) is 3.36. The molecule has 0 unspecified atom stereocenters. The van der Waals surface area contributed by atoms with Crippen molar-refractivity contribution in [3.05, 3.63) is 40.0 Å². The number of hydrogen-bond acceptors (Lipinski definition) is 4. The van der Waals surface area contributed by atoms with Crippen molar-refractivity contribution >= 4 is 31.8 Å². The number of benzene rings is 1. The van der Waals surface area contributed by atoms with Gasteiger partial charge in [-0.1, -0.05) is 28.0 Å². The van der Waals surface area contributed by atoms with Crippen LogP contribution in [0.1, 0.15) is 18.2 Å². The van der Waals surface area contributed by atoms with E-state index in [4.69, 9.17) is 4.52 Å². The number of rotatable bonds is 4. The molecule has 0 aliphatic carbocycles. The first kappa shape index (κ1) is 14.1. The average molecular weight is 345 g/mol. The molecule has 7 heteroatoms. The number of hydrogen-bond donors (Lipinski definition) is 1. The molecule has 1 aromatic heterocycles. The highest BCUT2D eigenvalue weighted by molar-refractivity contribution is 9.10. The fraction of sp³-hybridized carbons (Fsp3) is 0.250. The Morgan fingerprint density at radius 1 is 1.37 bits per heavy atom. The van der Waals surface area contributed by atoms with E-state index in [9.17, 15) is 8.42 Å². The molecular weight excluding hydrogens is 332 g/mol. The van der Waals surface area contributed by atoms with Gasteiger partial charge in [0.15, 0.2) is 0 Å². The van der Waals surface area contributed by atoms with Crippen LogP contribution in [0.25, 0.3) is 0 Å². The Morgan fingerprint density at radius 2 is 2.11 bits per heavy atom. The predicted molar refractivity (Wildman–Crippen MR) is 75.6 cm³/mol. The van der Waals surface area contributed by atoms with Crippen LogP contribution in [0.5, 0.6) is 0 Å². The van der Waals surface area contributed by atoms with E-state index in [-0.39, 0.29) is 10.8 Å². The van der Waals surface area contributed by atoms with Crippen LogP contribution in [-0.2, 0) is 16.4 Å². The summed E-state index contributed by atoms with van der Waals surface area (Å²) in [5.41, 5.74) is 1.35. The number of anilines is 1. The standard InChI is InChI=1S/C12H13BrN2O3S/c1-3-9-7-10(13)4-5-11(9)19(16,17)15-12-6-8(2)14-18-12/h4-7,15H,3H2,1-2H3. The number of nitrogens with one attached hydrogen (secondary N) is 1. The molecule has 0 fully saturated rings. The molecule has 1 aromatic carbocycles. The second-order valence-corrected chi connectivity index (χ2v) is 6.61. The molecule has 0 radical (unpaired) electrons. The smallest absolute Gasteiger partial charge is 0.264 e. The van der Waals surface area contributed by atoms with Gasteiger partial charge < -0.3 is 4.52 Å². The van der Waals surface area contributed by atoms with Crippen molar-refractivity contribution in [1.29, 1.82) is 0 Å². The van der Waals surface area contributed by atoms with E-state index in [1.54, 1.807) is 25.1 Å². The number of halogens is 1. The summed E-state index contributed by atoms with van der Waals surface area (Å²) in [6.07, 6.45) is 0.616. The van der Waals surface area contributed by atoms with E-state index in [1.807, 2.05) is 6.92 Å². The van der Waals surface area contributed by atoms with Gasteiger partial charge in [0.05, 0.1) is 10.6 Å². The molecule has 19 heavy (non-hydrogen) atoms. The molecule has 0 bridgehead atoms. The van der Waals surface area contributed by atoms with Crippen molar-refractivity contribution < 1.29 is 12.9 Å². The lowest BCUT2D eigenvalue weighted by atomic mass is 10.2. The van der Waals surface area contributed by atoms with Crippen LogP contribution < -0.4 is 4.72 Å². The normalized spacial score (nSPS) is 11.5. The molecule has 102 valence electrons. The van der Waals surface area contributed by atoms with E-state index in [2.05, 4.69) is 25.8 Å². The monoisotopic (exact) mass is 344 g/mol. The third-order valence-corrected chi connectivity index (χ3v) is 4.50. The molecule has 0 amide bonds. The van der Waals surface area contributed by atoms with Gasteiger partial charge in [-0.3, -0.25) is 0 Å². The van der Waals surface area contributed by atoms with Gasteiger partial charge in [0.25, 0.3) is 10.0 Å². The summed E-state index contributed by atoms with van der Waals surface area (Å²) in [4.78, 5) is 0.243. The second-order valence-electron chi connectivity index (χ2n) is 4.04. The number of aryl methyl sites for hydroxylation is 2. The lowest BCUT2D eigenvalue weighted by Crippen LogP contribution is -2.14. The van der Waals surface area contributed by atoms with Crippen LogP contribution >= 0.6 is 15.9 Å². The van der Waals surface area contributed by atoms with E-state index in [1.165, 1.54) is 6.07 Å². The quantitative estimate of drug-likeness (QED) is 0.924. The van der Waals surface area contributed by atoms with Crippen LogP contribution in [0.15, 0.2) is 38.2 Å². The molecular formula is C12H13BrN2O3S. The van der Waals surface area contributed by atoms with Gasteiger partial charge >= 0.3 is 0 Å². The molecule has 1 heterocycles. The molecule has 0 saturated heterocycles. The second kappa shape index (κ2) is 5.34. The Morgan fingerprint density at radius 3 is 2.68 bits per heavy atom. The van der Waals surface area contributed by atoms with Gasteiger partial charge in [-0.25, -0.2) is 13.1 Å². The van der Waals surface area contributed by atoms with Gasteiger partial charge in [-0.2, -0.15) is 0 Å². The minimum Gasteiger partial charge on any atom is -0.338 e. The minimum absolute atomic E-state index is 0.113. The Kier molecular flexibility index (Phi) is 3.96. The summed E-state index contributed by atoms with van der Waals surface area (Å²) in [5.74, 6) is 0.113.